The Balaban J connectivity index is 1.76. The highest BCUT2D eigenvalue weighted by molar-refractivity contribution is 5.58. The minimum absolute atomic E-state index is 0.0432. The van der Waals surface area contributed by atoms with Gasteiger partial charge in [-0.1, -0.05) is 48.5 Å². The molecular weight excluding hydrogens is 345 g/mol. The lowest BCUT2D eigenvalue weighted by Gasteiger charge is -2.18. The van der Waals surface area contributed by atoms with Crippen LogP contribution in [-0.2, 0) is 0 Å². The van der Waals surface area contributed by atoms with E-state index in [1.807, 2.05) is 30.3 Å². The molecule has 3 aromatic carbocycles. The Bertz CT molecular complexity index is 1050. The van der Waals surface area contributed by atoms with Crippen LogP contribution in [0.4, 0.5) is 10.1 Å². The first-order valence-corrected chi connectivity index (χ1v) is 8.40. The van der Waals surface area contributed by atoms with Crippen LogP contribution in [0.1, 0.15) is 17.5 Å². The first kappa shape index (κ1) is 16.8. The average molecular weight is 361 g/mol. The number of rotatable bonds is 5. The lowest BCUT2D eigenvalue weighted by atomic mass is 10.1. The largest absolute Gasteiger partial charge is 0.506 e. The van der Waals surface area contributed by atoms with Crippen molar-refractivity contribution in [3.05, 3.63) is 96.1 Å². The topological polar surface area (TPSA) is 71.2 Å². The van der Waals surface area contributed by atoms with E-state index in [0.717, 1.165) is 5.56 Å². The molecule has 1 aromatic heterocycles. The highest BCUT2D eigenvalue weighted by atomic mass is 19.1. The zero-order valence-corrected chi connectivity index (χ0v) is 14.2. The van der Waals surface area contributed by atoms with E-state index in [9.17, 15) is 9.50 Å². The second-order valence-electron chi connectivity index (χ2n) is 5.93. The van der Waals surface area contributed by atoms with Crippen LogP contribution in [0.3, 0.4) is 0 Å². The smallest absolute Gasteiger partial charge is 0.247 e. The third kappa shape index (κ3) is 3.50. The van der Waals surface area contributed by atoms with Gasteiger partial charge in [-0.05, 0) is 30.3 Å². The van der Waals surface area contributed by atoms with E-state index in [2.05, 4.69) is 15.5 Å². The molecule has 1 unspecified atom stereocenters. The Morgan fingerprint density at radius 2 is 1.56 bits per heavy atom. The van der Waals surface area contributed by atoms with Crippen LogP contribution in [-0.4, -0.2) is 15.3 Å². The van der Waals surface area contributed by atoms with E-state index in [-0.39, 0.29) is 11.6 Å². The number of anilines is 1. The lowest BCUT2D eigenvalue weighted by Crippen LogP contribution is -2.14. The van der Waals surface area contributed by atoms with Crippen LogP contribution in [0.15, 0.2) is 83.3 Å². The molecule has 0 spiro atoms. The van der Waals surface area contributed by atoms with Gasteiger partial charge in [-0.3, -0.25) is 0 Å². The molecule has 0 bridgehead atoms. The van der Waals surface area contributed by atoms with E-state index in [1.54, 1.807) is 42.5 Å². The van der Waals surface area contributed by atoms with Gasteiger partial charge in [0.1, 0.15) is 17.6 Å². The maximum atomic E-state index is 14.5. The van der Waals surface area contributed by atoms with Crippen molar-refractivity contribution in [1.82, 2.24) is 10.2 Å². The van der Waals surface area contributed by atoms with Crippen LogP contribution >= 0.6 is 0 Å². The van der Waals surface area contributed by atoms with Crippen LogP contribution < -0.4 is 5.32 Å². The van der Waals surface area contributed by atoms with Gasteiger partial charge in [0.15, 0.2) is 0 Å². The molecule has 4 rings (SSSR count). The van der Waals surface area contributed by atoms with E-state index >= 15 is 0 Å². The Labute approximate surface area is 155 Å². The molecule has 0 aliphatic rings. The molecular formula is C21H16FN3O2. The van der Waals surface area contributed by atoms with Crippen molar-refractivity contribution < 1.29 is 13.9 Å². The molecule has 4 aromatic rings. The van der Waals surface area contributed by atoms with Crippen molar-refractivity contribution in [3.8, 4) is 17.2 Å². The third-order valence-electron chi connectivity index (χ3n) is 4.13. The van der Waals surface area contributed by atoms with Crippen molar-refractivity contribution in [2.75, 3.05) is 5.32 Å². The van der Waals surface area contributed by atoms with Gasteiger partial charge < -0.3 is 14.8 Å². The summed E-state index contributed by atoms with van der Waals surface area (Å²) in [7, 11) is 0. The van der Waals surface area contributed by atoms with E-state index in [4.69, 9.17) is 4.42 Å². The van der Waals surface area contributed by atoms with E-state index < -0.39 is 11.9 Å². The molecule has 6 heteroatoms. The predicted molar refractivity (Wildman–Crippen MR) is 99.7 cm³/mol. The van der Waals surface area contributed by atoms with Crippen molar-refractivity contribution in [2.45, 2.75) is 6.04 Å². The number of phenols is 1. The van der Waals surface area contributed by atoms with Gasteiger partial charge in [0.2, 0.25) is 11.8 Å². The molecule has 0 radical (unpaired) electrons. The maximum Gasteiger partial charge on any atom is 0.247 e. The molecule has 134 valence electrons. The van der Waals surface area contributed by atoms with Crippen LogP contribution in [0.5, 0.6) is 5.75 Å². The minimum Gasteiger partial charge on any atom is -0.506 e. The van der Waals surface area contributed by atoms with Crippen molar-refractivity contribution in [3.63, 3.8) is 0 Å². The number of phenolic OH excluding ortho intramolecular Hbond substituents is 1. The Morgan fingerprint density at radius 1 is 0.852 bits per heavy atom. The fraction of sp³-hybridized carbons (Fsp3) is 0.0476. The number of hydrogen-bond donors (Lipinski definition) is 2. The maximum absolute atomic E-state index is 14.5. The summed E-state index contributed by atoms with van der Waals surface area (Å²) in [6.07, 6.45) is 0. The molecule has 0 saturated heterocycles. The van der Waals surface area contributed by atoms with Crippen molar-refractivity contribution in [1.29, 1.82) is 0 Å². The second kappa shape index (κ2) is 7.29. The second-order valence-corrected chi connectivity index (χ2v) is 5.93. The Morgan fingerprint density at radius 3 is 2.33 bits per heavy atom. The molecule has 5 nitrogen and oxygen atoms in total. The van der Waals surface area contributed by atoms with Gasteiger partial charge in [0.25, 0.3) is 0 Å². The first-order valence-electron chi connectivity index (χ1n) is 8.40. The van der Waals surface area contributed by atoms with Crippen LogP contribution in [0.25, 0.3) is 11.5 Å². The third-order valence-corrected chi connectivity index (χ3v) is 4.13. The summed E-state index contributed by atoms with van der Waals surface area (Å²) in [5, 5.41) is 21.4. The molecule has 0 saturated carbocycles. The van der Waals surface area contributed by atoms with Crippen molar-refractivity contribution >= 4 is 5.69 Å². The fourth-order valence-corrected chi connectivity index (χ4v) is 2.78. The molecule has 0 fully saturated rings. The summed E-state index contributed by atoms with van der Waals surface area (Å²) in [5.41, 5.74) is 1.54. The first-order chi connectivity index (χ1) is 13.2. The summed E-state index contributed by atoms with van der Waals surface area (Å²) in [5.74, 6) is 0.166. The summed E-state index contributed by atoms with van der Waals surface area (Å²) in [6, 6.07) is 21.6. The molecule has 1 heterocycles. The van der Waals surface area contributed by atoms with Gasteiger partial charge in [-0.25, -0.2) is 4.39 Å². The zero-order valence-electron chi connectivity index (χ0n) is 14.2. The summed E-state index contributed by atoms with van der Waals surface area (Å²) >= 11 is 0. The number of benzene rings is 3. The van der Waals surface area contributed by atoms with E-state index in [0.29, 0.717) is 17.1 Å². The Kier molecular flexibility index (Phi) is 4.53. The highest BCUT2D eigenvalue weighted by Crippen LogP contribution is 2.32. The van der Waals surface area contributed by atoms with Gasteiger partial charge in [0, 0.05) is 11.1 Å². The number of hydrogen-bond acceptors (Lipinski definition) is 5. The molecule has 1 atom stereocenters. The Hall–Kier alpha value is -3.67. The van der Waals surface area contributed by atoms with Gasteiger partial charge in [-0.15, -0.1) is 10.2 Å². The number of nitrogens with zero attached hydrogens (tertiary/aromatic N) is 2. The summed E-state index contributed by atoms with van der Waals surface area (Å²) in [4.78, 5) is 0. The number of aromatic nitrogens is 2. The molecule has 2 N–H and O–H groups in total. The number of aromatic hydroxyl groups is 1. The average Bonchev–Trinajstić information content (AvgIpc) is 3.19. The van der Waals surface area contributed by atoms with Crippen LogP contribution in [0.2, 0.25) is 0 Å². The van der Waals surface area contributed by atoms with Gasteiger partial charge >= 0.3 is 0 Å². The van der Waals surface area contributed by atoms with Crippen molar-refractivity contribution in [2.24, 2.45) is 0 Å². The molecule has 27 heavy (non-hydrogen) atoms. The monoisotopic (exact) mass is 361 g/mol. The van der Waals surface area contributed by atoms with E-state index in [1.165, 1.54) is 6.07 Å². The SMILES string of the molecule is Oc1ccccc1NC(c1nnc(-c2ccccc2)o1)c1ccccc1F. The number of nitrogens with one attached hydrogen (secondary N) is 1. The molecule has 0 aliphatic carbocycles. The lowest BCUT2D eigenvalue weighted by molar-refractivity contribution is 0.470. The molecule has 0 aliphatic heterocycles. The highest BCUT2D eigenvalue weighted by Gasteiger charge is 2.25. The van der Waals surface area contributed by atoms with Gasteiger partial charge in [0.05, 0.1) is 5.69 Å². The normalized spacial score (nSPS) is 11.9. The predicted octanol–water partition coefficient (Wildman–Crippen LogP) is 4.78. The zero-order chi connectivity index (χ0) is 18.6. The minimum atomic E-state index is -0.760. The number of para-hydroxylation sites is 2. The summed E-state index contributed by atoms with van der Waals surface area (Å²) < 4.78 is 20.3. The van der Waals surface area contributed by atoms with Gasteiger partial charge in [-0.2, -0.15) is 0 Å². The summed E-state index contributed by atoms with van der Waals surface area (Å²) in [6.45, 7) is 0. The fourth-order valence-electron chi connectivity index (χ4n) is 2.78. The molecule has 0 amide bonds. The standard InChI is InChI=1S/C21H16FN3O2/c22-16-11-5-4-10-15(16)19(23-17-12-6-7-13-18(17)26)21-25-24-20(27-21)14-8-2-1-3-9-14/h1-13,19,23,26H. The van der Waals surface area contributed by atoms with Crippen LogP contribution in [0, 0.1) is 5.82 Å². The quantitative estimate of drug-likeness (QED) is 0.501. The number of halogens is 1.